The van der Waals surface area contributed by atoms with Gasteiger partial charge in [0.15, 0.2) is 0 Å². The molecule has 3 nitrogen and oxygen atoms in total. The second kappa shape index (κ2) is 6.71. The number of piperidine rings is 1. The summed E-state index contributed by atoms with van der Waals surface area (Å²) >= 11 is 3.49. The van der Waals surface area contributed by atoms with Crippen molar-refractivity contribution in [1.82, 2.24) is 4.90 Å². The predicted molar refractivity (Wildman–Crippen MR) is 93.3 cm³/mol. The lowest BCUT2D eigenvalue weighted by atomic mass is 9.94. The first-order chi connectivity index (χ1) is 10.3. The predicted octanol–water partition coefficient (Wildman–Crippen LogP) is 3.74. The molecule has 2 fully saturated rings. The van der Waals surface area contributed by atoms with Crippen molar-refractivity contribution < 1.29 is 9.53 Å². The first-order valence-electron chi connectivity index (χ1n) is 7.76. The van der Waals surface area contributed by atoms with Crippen molar-refractivity contribution in [3.05, 3.63) is 35.4 Å². The van der Waals surface area contributed by atoms with Crippen LogP contribution in [0.3, 0.4) is 0 Å². The summed E-state index contributed by atoms with van der Waals surface area (Å²) in [5, 5.41) is 0.962. The fraction of sp³-hybridized carbons (Fsp3) is 0.611. The molecule has 1 aromatic carbocycles. The van der Waals surface area contributed by atoms with Crippen molar-refractivity contribution in [1.29, 1.82) is 0 Å². The zero-order chi connectivity index (χ0) is 16.4. The van der Waals surface area contributed by atoms with Gasteiger partial charge in [-0.15, -0.1) is 0 Å². The molecule has 3 rings (SSSR count). The lowest BCUT2D eigenvalue weighted by molar-refractivity contribution is -0.138. The molecule has 1 aliphatic heterocycles. The van der Waals surface area contributed by atoms with Crippen LogP contribution < -0.4 is 0 Å². The van der Waals surface area contributed by atoms with Crippen LogP contribution in [-0.4, -0.2) is 37.1 Å². The number of hydrogen-bond acceptors (Lipinski definition) is 3. The number of hydrogen-bond donors (Lipinski definition) is 0. The number of benzene rings is 1. The van der Waals surface area contributed by atoms with Crippen LogP contribution in [-0.2, 0) is 20.3 Å². The van der Waals surface area contributed by atoms with Crippen LogP contribution in [0.4, 0.5) is 0 Å². The van der Waals surface area contributed by atoms with E-state index < -0.39 is 0 Å². The van der Waals surface area contributed by atoms with Gasteiger partial charge in [0.2, 0.25) is 0 Å². The fourth-order valence-electron chi connectivity index (χ4n) is 3.25. The molecule has 0 aromatic heterocycles. The van der Waals surface area contributed by atoms with Crippen molar-refractivity contribution in [2.45, 2.75) is 43.5 Å². The second-order valence-corrected chi connectivity index (χ2v) is 7.97. The number of likely N-dealkylation sites (tertiary alicyclic amines) is 1. The molecule has 1 saturated carbocycles. The van der Waals surface area contributed by atoms with E-state index in [2.05, 4.69) is 56.9 Å². The molecule has 1 aromatic rings. The molecule has 0 bridgehead atoms. The van der Waals surface area contributed by atoms with Gasteiger partial charge in [-0.25, -0.2) is 0 Å². The van der Waals surface area contributed by atoms with E-state index in [1.807, 2.05) is 20.8 Å². The first kappa shape index (κ1) is 17.5. The van der Waals surface area contributed by atoms with Crippen molar-refractivity contribution in [3.8, 4) is 0 Å². The van der Waals surface area contributed by atoms with Crippen molar-refractivity contribution in [2.75, 3.05) is 20.1 Å². The van der Waals surface area contributed by atoms with E-state index >= 15 is 0 Å². The minimum absolute atomic E-state index is 0.318. The van der Waals surface area contributed by atoms with Gasteiger partial charge in [-0.05, 0) is 51.3 Å². The molecule has 0 N–H and O–H groups in total. The maximum Gasteiger partial charge on any atom is 0.293 e. The van der Waals surface area contributed by atoms with E-state index in [1.54, 1.807) is 5.56 Å². The molecule has 1 saturated heterocycles. The summed E-state index contributed by atoms with van der Waals surface area (Å²) in [5.74, 6) is 0.928. The number of alkyl halides is 1. The van der Waals surface area contributed by atoms with Gasteiger partial charge in [0.05, 0.1) is 0 Å². The second-order valence-electron chi connectivity index (χ2n) is 7.41. The van der Waals surface area contributed by atoms with Crippen molar-refractivity contribution >= 4 is 22.4 Å². The summed E-state index contributed by atoms with van der Waals surface area (Å²) in [5.41, 5.74) is 3.14. The smallest absolute Gasteiger partial charge is 0.293 e. The molecule has 22 heavy (non-hydrogen) atoms. The Morgan fingerprint density at radius 1 is 1.36 bits per heavy atom. The monoisotopic (exact) mass is 367 g/mol. The van der Waals surface area contributed by atoms with E-state index in [1.165, 1.54) is 25.1 Å². The lowest BCUT2D eigenvalue weighted by Crippen LogP contribution is -2.22. The van der Waals surface area contributed by atoms with Crippen LogP contribution in [0.15, 0.2) is 24.3 Å². The SMILES string of the molecule is CC(C)(C)OC=O.CN1CC2CC2(c2ccc(CBr)cc2)C1. The van der Waals surface area contributed by atoms with Gasteiger partial charge in [-0.3, -0.25) is 4.79 Å². The molecule has 1 heterocycles. The number of rotatable bonds is 3. The highest BCUT2D eigenvalue weighted by molar-refractivity contribution is 9.08. The molecule has 2 aliphatic rings. The maximum atomic E-state index is 9.60. The quantitative estimate of drug-likeness (QED) is 0.601. The van der Waals surface area contributed by atoms with Gasteiger partial charge < -0.3 is 9.64 Å². The van der Waals surface area contributed by atoms with Gasteiger partial charge in [-0.1, -0.05) is 40.2 Å². The van der Waals surface area contributed by atoms with Gasteiger partial charge in [-0.2, -0.15) is 0 Å². The van der Waals surface area contributed by atoms with Crippen LogP contribution >= 0.6 is 15.9 Å². The highest BCUT2D eigenvalue weighted by atomic mass is 79.9. The van der Waals surface area contributed by atoms with Crippen LogP contribution in [0.1, 0.15) is 38.3 Å². The number of halogens is 1. The highest BCUT2D eigenvalue weighted by Gasteiger charge is 2.59. The minimum Gasteiger partial charge on any atom is -0.462 e. The number of nitrogens with zero attached hydrogens (tertiary/aromatic N) is 1. The van der Waals surface area contributed by atoms with Gasteiger partial charge >= 0.3 is 0 Å². The summed E-state index contributed by atoms with van der Waals surface area (Å²) in [7, 11) is 2.24. The van der Waals surface area contributed by atoms with Gasteiger partial charge in [0.1, 0.15) is 5.60 Å². The Morgan fingerprint density at radius 3 is 2.36 bits per heavy atom. The van der Waals surface area contributed by atoms with Crippen LogP contribution in [0, 0.1) is 5.92 Å². The molecule has 122 valence electrons. The molecule has 1 aliphatic carbocycles. The summed E-state index contributed by atoms with van der Waals surface area (Å²) in [6, 6.07) is 9.17. The van der Waals surface area contributed by atoms with E-state index in [0.717, 1.165) is 11.2 Å². The number of fused-ring (bicyclic) bond motifs is 1. The summed E-state index contributed by atoms with van der Waals surface area (Å²) in [6.45, 7) is 8.47. The average molecular weight is 368 g/mol. The third-order valence-corrected chi connectivity index (χ3v) is 5.05. The van der Waals surface area contributed by atoms with E-state index in [9.17, 15) is 4.79 Å². The Hall–Kier alpha value is -0.870. The Labute approximate surface area is 142 Å². The molecule has 2 unspecified atom stereocenters. The topological polar surface area (TPSA) is 29.5 Å². The largest absolute Gasteiger partial charge is 0.462 e. The minimum atomic E-state index is -0.318. The summed E-state index contributed by atoms with van der Waals surface area (Å²) in [4.78, 5) is 12.1. The lowest BCUT2D eigenvalue weighted by Gasteiger charge is -2.16. The van der Waals surface area contributed by atoms with E-state index in [0.29, 0.717) is 11.9 Å². The fourth-order valence-corrected chi connectivity index (χ4v) is 3.62. The molecular formula is C18H26BrNO2. The Balaban J connectivity index is 0.000000217. The molecule has 0 amide bonds. The third kappa shape index (κ3) is 4.11. The van der Waals surface area contributed by atoms with Crippen molar-refractivity contribution in [2.24, 2.45) is 5.92 Å². The van der Waals surface area contributed by atoms with Crippen LogP contribution in [0.2, 0.25) is 0 Å². The molecular weight excluding hydrogens is 342 g/mol. The number of ether oxygens (including phenoxy) is 1. The molecule has 0 spiro atoms. The van der Waals surface area contributed by atoms with Crippen molar-refractivity contribution in [3.63, 3.8) is 0 Å². The van der Waals surface area contributed by atoms with Gasteiger partial charge in [0.25, 0.3) is 6.47 Å². The average Bonchev–Trinajstić information content (AvgIpc) is 3.02. The normalized spacial score (nSPS) is 26.7. The Kier molecular flexibility index (Phi) is 5.33. The molecule has 4 heteroatoms. The molecule has 2 atom stereocenters. The standard InChI is InChI=1S/C13H16BrN.C5H10O2/c1-15-8-12-6-13(12,9-15)11-4-2-10(7-14)3-5-11;1-5(2,3)7-4-6/h2-5,12H,6-9H2,1H3;4H,1-3H3. The zero-order valence-electron chi connectivity index (χ0n) is 13.9. The Bertz CT molecular complexity index is 509. The van der Waals surface area contributed by atoms with Crippen LogP contribution in [0.25, 0.3) is 0 Å². The third-order valence-electron chi connectivity index (χ3n) is 4.40. The summed E-state index contributed by atoms with van der Waals surface area (Å²) < 4.78 is 4.55. The van der Waals surface area contributed by atoms with E-state index in [-0.39, 0.29) is 5.60 Å². The first-order valence-corrected chi connectivity index (χ1v) is 8.88. The molecule has 0 radical (unpaired) electrons. The maximum absolute atomic E-state index is 9.60. The zero-order valence-corrected chi connectivity index (χ0v) is 15.5. The Morgan fingerprint density at radius 2 is 2.00 bits per heavy atom. The van der Waals surface area contributed by atoms with E-state index in [4.69, 9.17) is 0 Å². The summed E-state index contributed by atoms with van der Waals surface area (Å²) in [6.07, 6.45) is 1.41. The van der Waals surface area contributed by atoms with Gasteiger partial charge in [0, 0.05) is 23.8 Å². The number of carbonyl (C=O) groups is 1. The highest BCUT2D eigenvalue weighted by Crippen LogP contribution is 2.58. The van der Waals surface area contributed by atoms with Crippen LogP contribution in [0.5, 0.6) is 0 Å². The number of carbonyl (C=O) groups excluding carboxylic acids is 1. The number of likely N-dealkylation sites (N-methyl/N-ethyl adjacent to an activating group) is 1.